The summed E-state index contributed by atoms with van der Waals surface area (Å²) in [6.07, 6.45) is 5.61. The highest BCUT2D eigenvalue weighted by atomic mass is 32.2. The molecule has 10 heteroatoms. The highest BCUT2D eigenvalue weighted by Crippen LogP contribution is 2.18. The van der Waals surface area contributed by atoms with Gasteiger partial charge in [-0.3, -0.25) is 24.8 Å². The zero-order valence-electron chi connectivity index (χ0n) is 27.6. The van der Waals surface area contributed by atoms with Crippen molar-refractivity contribution in [2.24, 2.45) is 11.7 Å². The van der Waals surface area contributed by atoms with Gasteiger partial charge in [0, 0.05) is 37.2 Å². The van der Waals surface area contributed by atoms with E-state index in [0.29, 0.717) is 36.8 Å². The molecule has 4 N–H and O–H groups in total. The van der Waals surface area contributed by atoms with Gasteiger partial charge in [0.25, 0.3) is 0 Å². The summed E-state index contributed by atoms with van der Waals surface area (Å²) in [5.74, 6) is -2.32. The van der Waals surface area contributed by atoms with Gasteiger partial charge in [0.2, 0.25) is 5.91 Å². The molecule has 0 aliphatic heterocycles. The highest BCUT2D eigenvalue weighted by molar-refractivity contribution is 7.90. The number of hydrogen-bond donors (Lipinski definition) is 3. The van der Waals surface area contributed by atoms with Gasteiger partial charge in [-0.1, -0.05) is 84.9 Å². The van der Waals surface area contributed by atoms with E-state index in [1.807, 2.05) is 48.5 Å². The lowest BCUT2D eigenvalue weighted by Crippen LogP contribution is -2.45. The largest absolute Gasteiger partial charge is 0.384 e. The molecule has 0 unspecified atom stereocenters. The zero-order valence-corrected chi connectivity index (χ0v) is 28.4. The fraction of sp³-hybridized carbons (Fsp3) is 0.308. The van der Waals surface area contributed by atoms with E-state index >= 15 is 0 Å². The van der Waals surface area contributed by atoms with Crippen molar-refractivity contribution in [3.8, 4) is 0 Å². The van der Waals surface area contributed by atoms with E-state index in [9.17, 15) is 22.8 Å². The van der Waals surface area contributed by atoms with Crippen molar-refractivity contribution in [2.45, 2.75) is 63.2 Å². The molecule has 0 aliphatic carbocycles. The number of pyridine rings is 1. The number of nitrogens with one attached hydrogen (secondary N) is 2. The number of carbonyl (C=O) groups is 3. The number of nitrogens with zero attached hydrogens (tertiary/aromatic N) is 1. The van der Waals surface area contributed by atoms with Crippen molar-refractivity contribution in [2.75, 3.05) is 5.75 Å². The summed E-state index contributed by atoms with van der Waals surface area (Å²) in [6.45, 7) is 0. The zero-order chi connectivity index (χ0) is 35.1. The lowest BCUT2D eigenvalue weighted by Gasteiger charge is -2.22. The topological polar surface area (TPSA) is 160 Å². The van der Waals surface area contributed by atoms with Gasteiger partial charge < -0.3 is 11.1 Å². The molecule has 0 radical (unpaired) electrons. The number of aromatic nitrogens is 1. The Kier molecular flexibility index (Phi) is 14.0. The maximum absolute atomic E-state index is 13.9. The van der Waals surface area contributed by atoms with Gasteiger partial charge in [0.1, 0.15) is 11.6 Å². The standard InChI is InChI=1S/C39H44N4O5S/c40-38(41)33-16-11-30(12-17-33)15-22-37(45)36(21-20-35(44)19-14-29-7-3-1-4-8-29)43-39(46)34(18-13-31-23-25-42-26-24-31)28-49(47,48)27-32-9-5-2-6-10-32/h1-12,16-17,23-26,34,36H,13-15,18-22,27-28H2,(H3,40,41)(H,43,46)/t34-,36-/m0/s1. The van der Waals surface area contributed by atoms with E-state index < -0.39 is 27.7 Å². The minimum absolute atomic E-state index is 0.0181. The van der Waals surface area contributed by atoms with E-state index in [0.717, 1.165) is 16.7 Å². The summed E-state index contributed by atoms with van der Waals surface area (Å²) in [6, 6.07) is 28.2. The van der Waals surface area contributed by atoms with Crippen molar-refractivity contribution in [1.82, 2.24) is 10.3 Å². The number of carbonyl (C=O) groups excluding carboxylic acids is 3. The number of ketones is 2. The van der Waals surface area contributed by atoms with Crippen LogP contribution in [0.4, 0.5) is 0 Å². The molecular formula is C39H44N4O5S. The lowest BCUT2D eigenvalue weighted by molar-refractivity contribution is -0.130. The number of amides is 1. The Bertz CT molecular complexity index is 1780. The first-order chi connectivity index (χ1) is 23.6. The molecule has 1 heterocycles. The number of aryl methyl sites for hydroxylation is 3. The average molecular weight is 681 g/mol. The van der Waals surface area contributed by atoms with Gasteiger partial charge in [-0.2, -0.15) is 0 Å². The van der Waals surface area contributed by atoms with Crippen molar-refractivity contribution in [1.29, 1.82) is 5.41 Å². The van der Waals surface area contributed by atoms with Crippen LogP contribution >= 0.6 is 0 Å². The number of nitrogens with two attached hydrogens (primary N) is 1. The number of hydrogen-bond acceptors (Lipinski definition) is 7. The van der Waals surface area contributed by atoms with Crippen molar-refractivity contribution in [3.05, 3.63) is 137 Å². The summed E-state index contributed by atoms with van der Waals surface area (Å²) in [5, 5.41) is 10.5. The van der Waals surface area contributed by atoms with Crippen LogP contribution < -0.4 is 11.1 Å². The Hall–Kier alpha value is -4.96. The van der Waals surface area contributed by atoms with Crippen LogP contribution in [0.1, 0.15) is 59.9 Å². The van der Waals surface area contributed by atoms with Gasteiger partial charge >= 0.3 is 0 Å². The minimum atomic E-state index is -3.69. The normalized spacial score (nSPS) is 12.5. The molecule has 3 aromatic carbocycles. The Balaban J connectivity index is 1.48. The van der Waals surface area contributed by atoms with Crippen LogP contribution in [-0.4, -0.2) is 48.5 Å². The predicted octanol–water partition coefficient (Wildman–Crippen LogP) is 5.20. The molecule has 49 heavy (non-hydrogen) atoms. The minimum Gasteiger partial charge on any atom is -0.384 e. The van der Waals surface area contributed by atoms with Crippen molar-refractivity contribution in [3.63, 3.8) is 0 Å². The highest BCUT2D eigenvalue weighted by Gasteiger charge is 2.29. The Morgan fingerprint density at radius 1 is 0.694 bits per heavy atom. The molecule has 0 saturated carbocycles. The van der Waals surface area contributed by atoms with Crippen LogP contribution in [0.3, 0.4) is 0 Å². The van der Waals surface area contributed by atoms with E-state index in [1.54, 1.807) is 60.9 Å². The van der Waals surface area contributed by atoms with Crippen LogP contribution in [0.5, 0.6) is 0 Å². The summed E-state index contributed by atoms with van der Waals surface area (Å²) in [5.41, 5.74) is 9.60. The summed E-state index contributed by atoms with van der Waals surface area (Å²) < 4.78 is 26.7. The second kappa shape index (κ2) is 18.5. The van der Waals surface area contributed by atoms with Gasteiger partial charge in [-0.15, -0.1) is 0 Å². The maximum Gasteiger partial charge on any atom is 0.224 e. The molecule has 0 saturated heterocycles. The van der Waals surface area contributed by atoms with Gasteiger partial charge in [-0.25, -0.2) is 8.42 Å². The molecule has 1 aromatic heterocycles. The number of Topliss-reactive ketones (excluding diaryl/α,β-unsaturated/α-hetero) is 2. The Morgan fingerprint density at radius 2 is 1.27 bits per heavy atom. The predicted molar refractivity (Wildman–Crippen MR) is 192 cm³/mol. The Morgan fingerprint density at radius 3 is 1.90 bits per heavy atom. The quantitative estimate of drug-likeness (QED) is 0.0855. The summed E-state index contributed by atoms with van der Waals surface area (Å²) in [7, 11) is -3.69. The van der Waals surface area contributed by atoms with Crippen LogP contribution in [0.25, 0.3) is 0 Å². The van der Waals surface area contributed by atoms with Gasteiger partial charge in [0.05, 0.1) is 23.5 Å². The molecule has 2 atom stereocenters. The lowest BCUT2D eigenvalue weighted by atomic mass is 9.95. The van der Waals surface area contributed by atoms with Crippen LogP contribution in [0, 0.1) is 11.3 Å². The van der Waals surface area contributed by atoms with Gasteiger partial charge in [-0.05, 0) is 66.5 Å². The molecule has 1 amide bonds. The number of sulfone groups is 1. The molecule has 0 aliphatic rings. The molecule has 9 nitrogen and oxygen atoms in total. The first-order valence-electron chi connectivity index (χ1n) is 16.5. The third kappa shape index (κ3) is 12.9. The molecule has 0 bridgehead atoms. The van der Waals surface area contributed by atoms with E-state index in [4.69, 9.17) is 11.1 Å². The SMILES string of the molecule is N=C(N)c1ccc(CCC(=O)[C@H](CCC(=O)CCc2ccccc2)NC(=O)[C@@H](CCc2ccncc2)CS(=O)(=O)Cc2ccccc2)cc1. The number of benzene rings is 3. The maximum atomic E-state index is 13.9. The van der Waals surface area contributed by atoms with Crippen LogP contribution in [0.2, 0.25) is 0 Å². The number of nitrogen functional groups attached to an aromatic ring is 1. The summed E-state index contributed by atoms with van der Waals surface area (Å²) in [4.78, 5) is 44.5. The molecule has 256 valence electrons. The average Bonchev–Trinajstić information content (AvgIpc) is 3.11. The molecule has 4 aromatic rings. The van der Waals surface area contributed by atoms with E-state index in [-0.39, 0.29) is 54.6 Å². The first kappa shape index (κ1) is 36.9. The fourth-order valence-electron chi connectivity index (χ4n) is 5.63. The third-order valence-corrected chi connectivity index (χ3v) is 10.1. The number of amidine groups is 1. The monoisotopic (exact) mass is 680 g/mol. The van der Waals surface area contributed by atoms with Crippen molar-refractivity contribution < 1.29 is 22.8 Å². The number of rotatable bonds is 20. The second-order valence-corrected chi connectivity index (χ2v) is 14.4. The first-order valence-corrected chi connectivity index (χ1v) is 18.4. The van der Waals surface area contributed by atoms with E-state index in [2.05, 4.69) is 10.3 Å². The smallest absolute Gasteiger partial charge is 0.224 e. The fourth-order valence-corrected chi connectivity index (χ4v) is 7.38. The molecule has 4 rings (SSSR count). The van der Waals surface area contributed by atoms with E-state index in [1.165, 1.54) is 0 Å². The van der Waals surface area contributed by atoms with Crippen molar-refractivity contribution >= 4 is 33.1 Å². The third-order valence-electron chi connectivity index (χ3n) is 8.46. The van der Waals surface area contributed by atoms with Crippen LogP contribution in [0.15, 0.2) is 109 Å². The van der Waals surface area contributed by atoms with Gasteiger partial charge in [0.15, 0.2) is 15.6 Å². The second-order valence-electron chi connectivity index (χ2n) is 12.3. The van der Waals surface area contributed by atoms with Crippen LogP contribution in [-0.2, 0) is 49.2 Å². The molecule has 0 fully saturated rings. The Labute approximate surface area is 288 Å². The summed E-state index contributed by atoms with van der Waals surface area (Å²) >= 11 is 0. The molecular weight excluding hydrogens is 637 g/mol. The molecule has 0 spiro atoms.